The van der Waals surface area contributed by atoms with Crippen LogP contribution in [-0.4, -0.2) is 22.9 Å². The lowest BCUT2D eigenvalue weighted by Gasteiger charge is -2.07. The Morgan fingerprint density at radius 2 is 1.54 bits per heavy atom. The number of para-hydroxylation sites is 2. The van der Waals surface area contributed by atoms with Crippen molar-refractivity contribution in [1.82, 2.24) is 4.57 Å². The van der Waals surface area contributed by atoms with Crippen LogP contribution < -0.4 is 0 Å². The molecule has 128 valence electrons. The maximum Gasteiger partial charge on any atom is 0.379 e. The number of ketones is 1. The van der Waals surface area contributed by atoms with E-state index in [0.29, 0.717) is 5.56 Å². The van der Waals surface area contributed by atoms with E-state index in [9.17, 15) is 9.59 Å². The van der Waals surface area contributed by atoms with Crippen LogP contribution in [0.25, 0.3) is 27.5 Å². The number of hydrogen-bond acceptors (Lipinski definition) is 3. The van der Waals surface area contributed by atoms with Gasteiger partial charge in [-0.3, -0.25) is 4.79 Å². The van der Waals surface area contributed by atoms with Crippen molar-refractivity contribution in [2.24, 2.45) is 0 Å². The van der Waals surface area contributed by atoms with E-state index in [4.69, 9.17) is 4.74 Å². The summed E-state index contributed by atoms with van der Waals surface area (Å²) in [6.07, 6.45) is 0. The summed E-state index contributed by atoms with van der Waals surface area (Å²) in [5.41, 5.74) is 3.42. The SMILES string of the molecule is CCOC(=O)C(=O)c1ccc2c(c1)c1ccccc1n2-c1ccccc1. The van der Waals surface area contributed by atoms with Gasteiger partial charge in [-0.2, -0.15) is 0 Å². The van der Waals surface area contributed by atoms with Crippen LogP contribution in [0.4, 0.5) is 0 Å². The number of rotatable bonds is 4. The lowest BCUT2D eigenvalue weighted by Crippen LogP contribution is -2.17. The average Bonchev–Trinajstić information content (AvgIpc) is 3.02. The predicted octanol–water partition coefficient (Wildman–Crippen LogP) is 4.53. The molecule has 0 bridgehead atoms. The number of Topliss-reactive ketones (excluding diaryl/α,β-unsaturated/α-hetero) is 1. The third-order valence-corrected chi connectivity index (χ3v) is 4.41. The van der Waals surface area contributed by atoms with Crippen LogP contribution in [0, 0.1) is 0 Å². The van der Waals surface area contributed by atoms with Gasteiger partial charge in [-0.1, -0.05) is 36.4 Å². The first-order valence-electron chi connectivity index (χ1n) is 8.51. The van der Waals surface area contributed by atoms with Crippen molar-refractivity contribution in [3.8, 4) is 5.69 Å². The number of carbonyl (C=O) groups is 2. The van der Waals surface area contributed by atoms with Gasteiger partial charge in [0.2, 0.25) is 0 Å². The van der Waals surface area contributed by atoms with Gasteiger partial charge in [0, 0.05) is 22.0 Å². The first-order valence-corrected chi connectivity index (χ1v) is 8.51. The molecule has 0 fully saturated rings. The van der Waals surface area contributed by atoms with Crippen LogP contribution in [0.15, 0.2) is 72.8 Å². The zero-order valence-corrected chi connectivity index (χ0v) is 14.3. The Balaban J connectivity index is 1.96. The number of carbonyl (C=O) groups excluding carboxylic acids is 2. The van der Waals surface area contributed by atoms with Crippen molar-refractivity contribution < 1.29 is 14.3 Å². The second-order valence-electron chi connectivity index (χ2n) is 5.97. The number of nitrogens with zero attached hydrogens (tertiary/aromatic N) is 1. The fraction of sp³-hybridized carbons (Fsp3) is 0.0909. The summed E-state index contributed by atoms with van der Waals surface area (Å²) in [6, 6.07) is 23.4. The first kappa shape index (κ1) is 16.1. The molecule has 0 atom stereocenters. The van der Waals surface area contributed by atoms with Gasteiger partial charge in [-0.05, 0) is 43.3 Å². The summed E-state index contributed by atoms with van der Waals surface area (Å²) >= 11 is 0. The van der Waals surface area contributed by atoms with Crippen LogP contribution in [0.3, 0.4) is 0 Å². The Morgan fingerprint density at radius 3 is 2.31 bits per heavy atom. The lowest BCUT2D eigenvalue weighted by molar-refractivity contribution is -0.137. The van der Waals surface area contributed by atoms with E-state index in [1.807, 2.05) is 54.6 Å². The monoisotopic (exact) mass is 343 g/mol. The molecule has 1 aromatic heterocycles. The Hall–Kier alpha value is -3.40. The largest absolute Gasteiger partial charge is 0.460 e. The second kappa shape index (κ2) is 6.48. The van der Waals surface area contributed by atoms with Gasteiger partial charge in [0.15, 0.2) is 0 Å². The van der Waals surface area contributed by atoms with Gasteiger partial charge in [-0.25, -0.2) is 4.79 Å². The molecule has 0 N–H and O–H groups in total. The van der Waals surface area contributed by atoms with E-state index >= 15 is 0 Å². The van der Waals surface area contributed by atoms with E-state index in [2.05, 4.69) is 10.6 Å². The van der Waals surface area contributed by atoms with E-state index < -0.39 is 11.8 Å². The molecule has 4 aromatic rings. The molecule has 4 nitrogen and oxygen atoms in total. The van der Waals surface area contributed by atoms with Gasteiger partial charge in [-0.15, -0.1) is 0 Å². The van der Waals surface area contributed by atoms with E-state index in [-0.39, 0.29) is 6.61 Å². The van der Waals surface area contributed by atoms with Crippen LogP contribution >= 0.6 is 0 Å². The molecular weight excluding hydrogens is 326 g/mol. The number of hydrogen-bond donors (Lipinski definition) is 0. The number of esters is 1. The molecular formula is C22H17NO3. The molecule has 0 aliphatic carbocycles. The quantitative estimate of drug-likeness (QED) is 0.311. The Morgan fingerprint density at radius 1 is 0.846 bits per heavy atom. The van der Waals surface area contributed by atoms with Crippen molar-refractivity contribution in [3.63, 3.8) is 0 Å². The third kappa shape index (κ3) is 2.56. The van der Waals surface area contributed by atoms with Crippen LogP contribution in [0.5, 0.6) is 0 Å². The highest BCUT2D eigenvalue weighted by molar-refractivity contribution is 6.41. The number of ether oxygens (including phenoxy) is 1. The van der Waals surface area contributed by atoms with Crippen molar-refractivity contribution in [3.05, 3.63) is 78.4 Å². The molecule has 4 rings (SSSR count). The van der Waals surface area contributed by atoms with Gasteiger partial charge in [0.25, 0.3) is 5.78 Å². The summed E-state index contributed by atoms with van der Waals surface area (Å²) in [7, 11) is 0. The molecule has 3 aromatic carbocycles. The maximum atomic E-state index is 12.3. The number of benzene rings is 3. The molecule has 0 spiro atoms. The zero-order chi connectivity index (χ0) is 18.1. The maximum absolute atomic E-state index is 12.3. The Labute approximate surface area is 150 Å². The van der Waals surface area contributed by atoms with Crippen molar-refractivity contribution in [1.29, 1.82) is 0 Å². The average molecular weight is 343 g/mol. The zero-order valence-electron chi connectivity index (χ0n) is 14.3. The molecule has 0 unspecified atom stereocenters. The van der Waals surface area contributed by atoms with E-state index in [1.54, 1.807) is 19.1 Å². The molecule has 0 radical (unpaired) electrons. The lowest BCUT2D eigenvalue weighted by atomic mass is 10.1. The van der Waals surface area contributed by atoms with Crippen LogP contribution in [0.2, 0.25) is 0 Å². The fourth-order valence-electron chi connectivity index (χ4n) is 3.28. The van der Waals surface area contributed by atoms with Crippen LogP contribution in [-0.2, 0) is 9.53 Å². The fourth-order valence-corrected chi connectivity index (χ4v) is 3.28. The summed E-state index contributed by atoms with van der Waals surface area (Å²) in [6.45, 7) is 1.86. The topological polar surface area (TPSA) is 48.3 Å². The molecule has 0 aliphatic heterocycles. The van der Waals surface area contributed by atoms with Gasteiger partial charge >= 0.3 is 5.97 Å². The minimum atomic E-state index is -0.821. The van der Waals surface area contributed by atoms with Crippen LogP contribution in [0.1, 0.15) is 17.3 Å². The summed E-state index contributed by atoms with van der Waals surface area (Å²) in [5, 5.41) is 1.96. The summed E-state index contributed by atoms with van der Waals surface area (Å²) < 4.78 is 6.99. The molecule has 0 aliphatic rings. The smallest absolute Gasteiger partial charge is 0.379 e. The molecule has 0 saturated carbocycles. The van der Waals surface area contributed by atoms with E-state index in [1.165, 1.54) is 0 Å². The normalized spacial score (nSPS) is 11.0. The minimum absolute atomic E-state index is 0.181. The summed E-state index contributed by atoms with van der Waals surface area (Å²) in [4.78, 5) is 24.1. The molecule has 0 amide bonds. The standard InChI is InChI=1S/C22H17NO3/c1-2-26-22(25)21(24)15-12-13-20-18(14-15)17-10-6-7-11-19(17)23(20)16-8-4-3-5-9-16/h3-14H,2H2,1H3. The van der Waals surface area contributed by atoms with Gasteiger partial charge in [0.05, 0.1) is 17.6 Å². The van der Waals surface area contributed by atoms with Gasteiger partial charge < -0.3 is 9.30 Å². The predicted molar refractivity (Wildman–Crippen MR) is 102 cm³/mol. The number of aromatic nitrogens is 1. The Kier molecular flexibility index (Phi) is 4.01. The van der Waals surface area contributed by atoms with Crippen molar-refractivity contribution in [2.75, 3.05) is 6.61 Å². The highest BCUT2D eigenvalue weighted by Gasteiger charge is 2.19. The van der Waals surface area contributed by atoms with Crippen molar-refractivity contribution >= 4 is 33.6 Å². The third-order valence-electron chi connectivity index (χ3n) is 4.41. The van der Waals surface area contributed by atoms with Gasteiger partial charge in [0.1, 0.15) is 0 Å². The summed E-state index contributed by atoms with van der Waals surface area (Å²) in [5.74, 6) is -1.44. The molecule has 1 heterocycles. The minimum Gasteiger partial charge on any atom is -0.460 e. The highest BCUT2D eigenvalue weighted by atomic mass is 16.5. The Bertz CT molecular complexity index is 1130. The molecule has 4 heteroatoms. The number of fused-ring (bicyclic) bond motifs is 3. The first-order chi connectivity index (χ1) is 12.7. The molecule has 0 saturated heterocycles. The second-order valence-corrected chi connectivity index (χ2v) is 5.97. The highest BCUT2D eigenvalue weighted by Crippen LogP contribution is 2.32. The van der Waals surface area contributed by atoms with E-state index in [0.717, 1.165) is 27.5 Å². The molecule has 26 heavy (non-hydrogen) atoms. The van der Waals surface area contributed by atoms with Crippen molar-refractivity contribution in [2.45, 2.75) is 6.92 Å².